The number of rotatable bonds is 6. The second-order valence-electron chi connectivity index (χ2n) is 4.95. The lowest BCUT2D eigenvalue weighted by molar-refractivity contribution is -0.118. The number of carbonyl (C=O) groups is 1. The fourth-order valence-corrected chi connectivity index (χ4v) is 2.62. The summed E-state index contributed by atoms with van der Waals surface area (Å²) in [5.41, 5.74) is 4.85. The van der Waals surface area contributed by atoms with Crippen LogP contribution in [-0.2, 0) is 4.79 Å². The van der Waals surface area contributed by atoms with Crippen molar-refractivity contribution >= 4 is 23.9 Å². The van der Waals surface area contributed by atoms with Gasteiger partial charge in [-0.1, -0.05) is 11.8 Å². The number of aromatic hydroxyl groups is 1. The number of ether oxygens (including phenoxy) is 1. The third-order valence-electron chi connectivity index (χ3n) is 2.90. The maximum Gasteiger partial charge on any atom is 0.250 e. The predicted molar refractivity (Wildman–Crippen MR) is 92.6 cm³/mol. The molecule has 2 rings (SSSR count). The smallest absolute Gasteiger partial charge is 0.250 e. The molecular formula is C16H18N4O3S. The molecule has 0 atom stereocenters. The zero-order chi connectivity index (χ0) is 17.5. The van der Waals surface area contributed by atoms with E-state index in [1.54, 1.807) is 12.1 Å². The number of phenols is 1. The third kappa shape index (κ3) is 5.24. The van der Waals surface area contributed by atoms with Crippen molar-refractivity contribution in [2.24, 2.45) is 5.10 Å². The number of thioether (sulfide) groups is 1. The van der Waals surface area contributed by atoms with Crippen molar-refractivity contribution in [3.63, 3.8) is 0 Å². The van der Waals surface area contributed by atoms with Gasteiger partial charge in [0.05, 0.1) is 19.1 Å². The molecule has 24 heavy (non-hydrogen) atoms. The molecule has 0 fully saturated rings. The second-order valence-corrected chi connectivity index (χ2v) is 5.89. The minimum absolute atomic E-state index is 0.0449. The summed E-state index contributed by atoms with van der Waals surface area (Å²) in [6, 6.07) is 6.64. The molecular weight excluding hydrogens is 328 g/mol. The first-order valence-corrected chi connectivity index (χ1v) is 8.10. The molecule has 7 nitrogen and oxygen atoms in total. The van der Waals surface area contributed by atoms with Crippen LogP contribution >= 0.6 is 11.8 Å². The maximum absolute atomic E-state index is 11.8. The SMILES string of the molecule is COc1cc(C=NNC(=O)CSc2nc(C)cc(C)n2)ccc1O. The van der Waals surface area contributed by atoms with Crippen LogP contribution in [0.5, 0.6) is 11.5 Å². The quantitative estimate of drug-likeness (QED) is 0.360. The Labute approximate surface area is 144 Å². The van der Waals surface area contributed by atoms with Crippen LogP contribution in [0.2, 0.25) is 0 Å². The van der Waals surface area contributed by atoms with Gasteiger partial charge in [-0.05, 0) is 43.7 Å². The van der Waals surface area contributed by atoms with Crippen molar-refractivity contribution in [3.05, 3.63) is 41.2 Å². The lowest BCUT2D eigenvalue weighted by atomic mass is 10.2. The van der Waals surface area contributed by atoms with Crippen molar-refractivity contribution in [1.82, 2.24) is 15.4 Å². The number of amides is 1. The summed E-state index contributed by atoms with van der Waals surface area (Å²) < 4.78 is 5.00. The van der Waals surface area contributed by atoms with E-state index in [9.17, 15) is 9.90 Å². The van der Waals surface area contributed by atoms with Gasteiger partial charge in [-0.3, -0.25) is 4.79 Å². The molecule has 0 unspecified atom stereocenters. The van der Waals surface area contributed by atoms with E-state index in [0.29, 0.717) is 16.5 Å². The summed E-state index contributed by atoms with van der Waals surface area (Å²) in [5.74, 6) is 0.292. The number of phenolic OH excluding ortho intramolecular Hbond substituents is 1. The molecule has 0 saturated carbocycles. The summed E-state index contributed by atoms with van der Waals surface area (Å²) in [4.78, 5) is 20.3. The normalized spacial score (nSPS) is 10.8. The number of hydrazone groups is 1. The predicted octanol–water partition coefficient (Wildman–Crippen LogP) is 2.05. The highest BCUT2D eigenvalue weighted by Crippen LogP contribution is 2.25. The van der Waals surface area contributed by atoms with E-state index in [2.05, 4.69) is 20.5 Å². The first kappa shape index (κ1) is 17.7. The van der Waals surface area contributed by atoms with E-state index in [-0.39, 0.29) is 17.4 Å². The molecule has 1 heterocycles. The Morgan fingerprint density at radius 2 is 2.04 bits per heavy atom. The standard InChI is InChI=1S/C16H18N4O3S/c1-10-6-11(2)19-16(18-10)24-9-15(22)20-17-8-12-4-5-13(21)14(7-12)23-3/h4-8,21H,9H2,1-3H3,(H,20,22). The Bertz CT molecular complexity index is 745. The van der Waals surface area contributed by atoms with Crippen LogP contribution in [0.4, 0.5) is 0 Å². The second kappa shape index (κ2) is 8.30. The highest BCUT2D eigenvalue weighted by atomic mass is 32.2. The Kier molecular flexibility index (Phi) is 6.14. The Hall–Kier alpha value is -2.61. The van der Waals surface area contributed by atoms with Gasteiger partial charge in [-0.25, -0.2) is 15.4 Å². The van der Waals surface area contributed by atoms with Gasteiger partial charge < -0.3 is 9.84 Å². The Balaban J connectivity index is 1.86. The number of hydrogen-bond acceptors (Lipinski definition) is 7. The molecule has 0 aliphatic rings. The average Bonchev–Trinajstić information content (AvgIpc) is 2.53. The highest BCUT2D eigenvalue weighted by Gasteiger charge is 2.05. The molecule has 0 bridgehead atoms. The molecule has 1 aromatic heterocycles. The summed E-state index contributed by atoms with van der Waals surface area (Å²) in [5, 5.41) is 14.0. The number of benzene rings is 1. The molecule has 0 radical (unpaired) electrons. The van der Waals surface area contributed by atoms with Crippen molar-refractivity contribution in [1.29, 1.82) is 0 Å². The van der Waals surface area contributed by atoms with Crippen LogP contribution in [0.25, 0.3) is 0 Å². The molecule has 0 aliphatic heterocycles. The zero-order valence-corrected chi connectivity index (χ0v) is 14.4. The van der Waals surface area contributed by atoms with Crippen LogP contribution in [0.1, 0.15) is 17.0 Å². The van der Waals surface area contributed by atoms with E-state index < -0.39 is 0 Å². The van der Waals surface area contributed by atoms with Crippen molar-refractivity contribution in [2.75, 3.05) is 12.9 Å². The Morgan fingerprint density at radius 1 is 1.33 bits per heavy atom. The minimum Gasteiger partial charge on any atom is -0.504 e. The molecule has 0 saturated heterocycles. The number of aryl methyl sites for hydroxylation is 2. The fraction of sp³-hybridized carbons (Fsp3) is 0.250. The van der Waals surface area contributed by atoms with Crippen molar-refractivity contribution < 1.29 is 14.6 Å². The maximum atomic E-state index is 11.8. The summed E-state index contributed by atoms with van der Waals surface area (Å²) >= 11 is 1.25. The summed E-state index contributed by atoms with van der Waals surface area (Å²) in [7, 11) is 1.46. The van der Waals surface area contributed by atoms with Crippen LogP contribution in [0.3, 0.4) is 0 Å². The Morgan fingerprint density at radius 3 is 2.71 bits per heavy atom. The van der Waals surface area contributed by atoms with E-state index in [1.807, 2.05) is 19.9 Å². The van der Waals surface area contributed by atoms with E-state index in [1.165, 1.54) is 31.2 Å². The summed E-state index contributed by atoms with van der Waals surface area (Å²) in [6.45, 7) is 3.77. The van der Waals surface area contributed by atoms with E-state index in [4.69, 9.17) is 4.74 Å². The largest absolute Gasteiger partial charge is 0.504 e. The lowest BCUT2D eigenvalue weighted by Gasteiger charge is -2.04. The molecule has 2 aromatic rings. The van der Waals surface area contributed by atoms with Gasteiger partial charge in [0.2, 0.25) is 0 Å². The molecule has 2 N–H and O–H groups in total. The van der Waals surface area contributed by atoms with Crippen LogP contribution < -0.4 is 10.2 Å². The number of aromatic nitrogens is 2. The lowest BCUT2D eigenvalue weighted by Crippen LogP contribution is -2.19. The monoisotopic (exact) mass is 346 g/mol. The minimum atomic E-state index is -0.259. The fourth-order valence-electron chi connectivity index (χ4n) is 1.87. The highest BCUT2D eigenvalue weighted by molar-refractivity contribution is 7.99. The number of carbonyl (C=O) groups excluding carboxylic acids is 1. The van der Waals surface area contributed by atoms with Gasteiger partial charge in [-0.2, -0.15) is 5.10 Å². The van der Waals surface area contributed by atoms with Gasteiger partial charge in [0.1, 0.15) is 0 Å². The van der Waals surface area contributed by atoms with Gasteiger partial charge in [0.25, 0.3) is 5.91 Å². The van der Waals surface area contributed by atoms with Gasteiger partial charge in [-0.15, -0.1) is 0 Å². The topological polar surface area (TPSA) is 96.7 Å². The average molecular weight is 346 g/mol. The van der Waals surface area contributed by atoms with Crippen LogP contribution in [0.15, 0.2) is 34.5 Å². The van der Waals surface area contributed by atoms with Crippen molar-refractivity contribution in [2.45, 2.75) is 19.0 Å². The molecule has 1 aromatic carbocycles. The number of hydrogen-bond donors (Lipinski definition) is 2. The molecule has 0 spiro atoms. The van der Waals surface area contributed by atoms with E-state index in [0.717, 1.165) is 11.4 Å². The number of nitrogens with zero attached hydrogens (tertiary/aromatic N) is 3. The first-order chi connectivity index (χ1) is 11.5. The van der Waals surface area contributed by atoms with Crippen LogP contribution in [0, 0.1) is 13.8 Å². The third-order valence-corrected chi connectivity index (χ3v) is 3.75. The van der Waals surface area contributed by atoms with Gasteiger partial charge in [0, 0.05) is 11.4 Å². The molecule has 1 amide bonds. The number of methoxy groups -OCH3 is 1. The zero-order valence-electron chi connectivity index (χ0n) is 13.6. The number of nitrogens with one attached hydrogen (secondary N) is 1. The van der Waals surface area contributed by atoms with Gasteiger partial charge >= 0.3 is 0 Å². The first-order valence-electron chi connectivity index (χ1n) is 7.12. The molecule has 126 valence electrons. The molecule has 0 aliphatic carbocycles. The molecule has 8 heteroatoms. The van der Waals surface area contributed by atoms with Crippen LogP contribution in [-0.4, -0.2) is 40.1 Å². The van der Waals surface area contributed by atoms with E-state index >= 15 is 0 Å². The van der Waals surface area contributed by atoms with Gasteiger partial charge in [0.15, 0.2) is 16.7 Å². The summed E-state index contributed by atoms with van der Waals surface area (Å²) in [6.07, 6.45) is 1.47. The van der Waals surface area contributed by atoms with Crippen molar-refractivity contribution in [3.8, 4) is 11.5 Å².